The second kappa shape index (κ2) is 3.19. The Hall–Kier alpha value is -0.120. The molecule has 2 spiro atoms. The van der Waals surface area contributed by atoms with Gasteiger partial charge in [-0.05, 0) is 12.8 Å². The van der Waals surface area contributed by atoms with Gasteiger partial charge in [0.05, 0.1) is 19.8 Å². The smallest absolute Gasteiger partial charge is 0.123 e. The highest BCUT2D eigenvalue weighted by Crippen LogP contribution is 2.44. The third kappa shape index (κ3) is 1.38. The van der Waals surface area contributed by atoms with Crippen LogP contribution in [0.3, 0.4) is 0 Å². The van der Waals surface area contributed by atoms with Gasteiger partial charge in [0.25, 0.3) is 0 Å². The quantitative estimate of drug-likeness (QED) is 0.634. The lowest BCUT2D eigenvalue weighted by Gasteiger charge is -2.52. The average Bonchev–Trinajstić information content (AvgIpc) is 2.18. The molecule has 3 aliphatic rings. The van der Waals surface area contributed by atoms with Crippen molar-refractivity contribution in [1.29, 1.82) is 0 Å². The molecule has 0 aromatic carbocycles. The summed E-state index contributed by atoms with van der Waals surface area (Å²) >= 11 is 0. The van der Waals surface area contributed by atoms with Gasteiger partial charge in [0.15, 0.2) is 0 Å². The Kier molecular flexibility index (Phi) is 2.08. The molecule has 2 saturated heterocycles. The highest BCUT2D eigenvalue weighted by molar-refractivity contribution is 4.97. The molecule has 0 amide bonds. The summed E-state index contributed by atoms with van der Waals surface area (Å²) < 4.78 is 11.4. The van der Waals surface area contributed by atoms with Crippen LogP contribution in [0.25, 0.3) is 0 Å². The highest BCUT2D eigenvalue weighted by Gasteiger charge is 2.46. The van der Waals surface area contributed by atoms with Crippen LogP contribution in [0, 0.1) is 5.41 Å². The van der Waals surface area contributed by atoms with Crippen molar-refractivity contribution in [3.63, 3.8) is 0 Å². The van der Waals surface area contributed by atoms with Gasteiger partial charge in [0.1, 0.15) is 5.72 Å². The van der Waals surface area contributed by atoms with E-state index in [1.807, 2.05) is 0 Å². The average molecular weight is 197 g/mol. The summed E-state index contributed by atoms with van der Waals surface area (Å²) in [6, 6.07) is 0. The van der Waals surface area contributed by atoms with Gasteiger partial charge >= 0.3 is 0 Å². The van der Waals surface area contributed by atoms with E-state index >= 15 is 0 Å². The Bertz CT molecular complexity index is 207. The van der Waals surface area contributed by atoms with E-state index in [1.54, 1.807) is 0 Å². The lowest BCUT2D eigenvalue weighted by molar-refractivity contribution is -0.196. The molecule has 80 valence electrons. The van der Waals surface area contributed by atoms with Gasteiger partial charge in [0, 0.05) is 24.8 Å². The molecule has 0 aromatic rings. The van der Waals surface area contributed by atoms with Gasteiger partial charge in [-0.15, -0.1) is 0 Å². The lowest BCUT2D eigenvalue weighted by Crippen LogP contribution is -2.62. The molecular formula is C11H19NO2. The van der Waals surface area contributed by atoms with Crippen molar-refractivity contribution in [2.75, 3.05) is 26.4 Å². The first kappa shape index (κ1) is 9.13. The minimum Gasteiger partial charge on any atom is -0.381 e. The van der Waals surface area contributed by atoms with Crippen molar-refractivity contribution >= 4 is 0 Å². The summed E-state index contributed by atoms with van der Waals surface area (Å²) in [4.78, 5) is 0. The Morgan fingerprint density at radius 3 is 2.29 bits per heavy atom. The van der Waals surface area contributed by atoms with Crippen molar-refractivity contribution in [2.45, 2.75) is 37.8 Å². The SMILES string of the molecule is C1CC2(C1)CNC1(CCOCC1)OC2. The minimum absolute atomic E-state index is 0.0287. The van der Waals surface area contributed by atoms with Gasteiger partial charge < -0.3 is 9.47 Å². The van der Waals surface area contributed by atoms with E-state index < -0.39 is 0 Å². The molecule has 3 nitrogen and oxygen atoms in total. The second-order valence-electron chi connectivity index (χ2n) is 5.10. The van der Waals surface area contributed by atoms with Crippen molar-refractivity contribution in [1.82, 2.24) is 5.32 Å². The predicted molar refractivity (Wildman–Crippen MR) is 53.0 cm³/mol. The van der Waals surface area contributed by atoms with E-state index in [1.165, 1.54) is 19.3 Å². The molecule has 2 aliphatic heterocycles. The number of rotatable bonds is 0. The van der Waals surface area contributed by atoms with Gasteiger partial charge in [-0.3, -0.25) is 5.32 Å². The molecule has 1 aliphatic carbocycles. The van der Waals surface area contributed by atoms with Crippen molar-refractivity contribution in [3.05, 3.63) is 0 Å². The van der Waals surface area contributed by atoms with Crippen LogP contribution in [-0.2, 0) is 9.47 Å². The summed E-state index contributed by atoms with van der Waals surface area (Å²) in [7, 11) is 0. The van der Waals surface area contributed by atoms with Gasteiger partial charge in [0.2, 0.25) is 0 Å². The largest absolute Gasteiger partial charge is 0.381 e. The number of ether oxygens (including phenoxy) is 2. The summed E-state index contributed by atoms with van der Waals surface area (Å²) in [5.41, 5.74) is 0.475. The first-order valence-electron chi connectivity index (χ1n) is 5.80. The lowest BCUT2D eigenvalue weighted by atomic mass is 9.68. The Balaban J connectivity index is 1.63. The number of hydrogen-bond acceptors (Lipinski definition) is 3. The fourth-order valence-electron chi connectivity index (χ4n) is 2.76. The Labute approximate surface area is 85.1 Å². The topological polar surface area (TPSA) is 30.5 Å². The zero-order chi connectivity index (χ0) is 9.49. The van der Waals surface area contributed by atoms with Crippen molar-refractivity contribution < 1.29 is 9.47 Å². The second-order valence-corrected chi connectivity index (χ2v) is 5.10. The van der Waals surface area contributed by atoms with Crippen LogP contribution >= 0.6 is 0 Å². The normalized spacial score (nSPS) is 34.3. The van der Waals surface area contributed by atoms with Crippen molar-refractivity contribution in [2.24, 2.45) is 5.41 Å². The molecular weight excluding hydrogens is 178 g/mol. The highest BCUT2D eigenvalue weighted by atomic mass is 16.5. The molecule has 0 bridgehead atoms. The minimum atomic E-state index is -0.0287. The van der Waals surface area contributed by atoms with Crippen molar-refractivity contribution in [3.8, 4) is 0 Å². The summed E-state index contributed by atoms with van der Waals surface area (Å²) in [5.74, 6) is 0. The van der Waals surface area contributed by atoms with Crippen LogP contribution in [0.15, 0.2) is 0 Å². The first-order chi connectivity index (χ1) is 6.83. The van der Waals surface area contributed by atoms with E-state index in [4.69, 9.17) is 9.47 Å². The Morgan fingerprint density at radius 2 is 1.79 bits per heavy atom. The first-order valence-corrected chi connectivity index (χ1v) is 5.80. The molecule has 0 radical (unpaired) electrons. The standard InChI is InChI=1S/C11H19NO2/c1-2-10(3-1)8-12-11(14-9-10)4-6-13-7-5-11/h12H,1-9H2. The fourth-order valence-corrected chi connectivity index (χ4v) is 2.76. The maximum absolute atomic E-state index is 6.07. The third-order valence-corrected chi connectivity index (χ3v) is 4.15. The molecule has 0 atom stereocenters. The van der Waals surface area contributed by atoms with Crippen LogP contribution in [0.1, 0.15) is 32.1 Å². The summed E-state index contributed by atoms with van der Waals surface area (Å²) in [6.07, 6.45) is 6.13. The van der Waals surface area contributed by atoms with Gasteiger partial charge in [-0.25, -0.2) is 0 Å². The maximum atomic E-state index is 6.07. The van der Waals surface area contributed by atoms with E-state index in [0.29, 0.717) is 5.41 Å². The predicted octanol–water partition coefficient (Wildman–Crippen LogP) is 1.28. The van der Waals surface area contributed by atoms with Crippen LogP contribution in [0.5, 0.6) is 0 Å². The van der Waals surface area contributed by atoms with E-state index in [9.17, 15) is 0 Å². The molecule has 3 rings (SSSR count). The number of nitrogens with one attached hydrogen (secondary N) is 1. The monoisotopic (exact) mass is 197 g/mol. The maximum Gasteiger partial charge on any atom is 0.123 e. The molecule has 1 saturated carbocycles. The zero-order valence-corrected chi connectivity index (χ0v) is 8.68. The van der Waals surface area contributed by atoms with Crippen LogP contribution in [0.4, 0.5) is 0 Å². The summed E-state index contributed by atoms with van der Waals surface area (Å²) in [6.45, 7) is 3.83. The number of hydrogen-bond donors (Lipinski definition) is 1. The molecule has 0 aromatic heterocycles. The molecule has 3 heteroatoms. The zero-order valence-electron chi connectivity index (χ0n) is 8.68. The van der Waals surface area contributed by atoms with Crippen LogP contribution in [0.2, 0.25) is 0 Å². The molecule has 0 unspecified atom stereocenters. The molecule has 2 heterocycles. The molecule has 14 heavy (non-hydrogen) atoms. The van der Waals surface area contributed by atoms with E-state index in [0.717, 1.165) is 39.2 Å². The van der Waals surface area contributed by atoms with Crippen LogP contribution in [-0.4, -0.2) is 32.1 Å². The van der Waals surface area contributed by atoms with Gasteiger partial charge in [-0.2, -0.15) is 0 Å². The molecule has 1 N–H and O–H groups in total. The summed E-state index contributed by atoms with van der Waals surface area (Å²) in [5, 5.41) is 3.62. The Morgan fingerprint density at radius 1 is 1.00 bits per heavy atom. The van der Waals surface area contributed by atoms with E-state index in [2.05, 4.69) is 5.32 Å². The fraction of sp³-hybridized carbons (Fsp3) is 1.00. The third-order valence-electron chi connectivity index (χ3n) is 4.15. The molecule has 3 fully saturated rings. The van der Waals surface area contributed by atoms with Gasteiger partial charge in [-0.1, -0.05) is 6.42 Å². The van der Waals surface area contributed by atoms with Crippen LogP contribution < -0.4 is 5.32 Å². The van der Waals surface area contributed by atoms with E-state index in [-0.39, 0.29) is 5.72 Å².